The van der Waals surface area contributed by atoms with Crippen LogP contribution in [0.5, 0.6) is 0 Å². The van der Waals surface area contributed by atoms with E-state index in [-0.39, 0.29) is 6.09 Å². The predicted octanol–water partition coefficient (Wildman–Crippen LogP) is 3.90. The van der Waals surface area contributed by atoms with Crippen LogP contribution in [0.15, 0.2) is 0 Å². The first-order valence-electron chi connectivity index (χ1n) is 8.48. The van der Waals surface area contributed by atoms with Gasteiger partial charge in [0.2, 0.25) is 0 Å². The van der Waals surface area contributed by atoms with E-state index in [0.29, 0.717) is 17.3 Å². The molecule has 1 fully saturated rings. The highest BCUT2D eigenvalue weighted by Gasteiger charge is 2.32. The smallest absolute Gasteiger partial charge is 0.410 e. The predicted molar refractivity (Wildman–Crippen MR) is 95.6 cm³/mol. The van der Waals surface area contributed by atoms with E-state index in [9.17, 15) is 4.79 Å². The van der Waals surface area contributed by atoms with Crippen LogP contribution in [0.25, 0.3) is 0 Å². The first kappa shape index (κ1) is 19.6. The van der Waals surface area contributed by atoms with Crippen molar-refractivity contribution in [3.8, 4) is 0 Å². The molecule has 130 valence electrons. The Labute approximate surface area is 140 Å². The third-order valence-electron chi connectivity index (χ3n) is 4.08. The summed E-state index contributed by atoms with van der Waals surface area (Å²) in [5.74, 6) is 0. The highest BCUT2D eigenvalue weighted by molar-refractivity contribution is 7.99. The Morgan fingerprint density at radius 2 is 2.09 bits per heavy atom. The molecule has 1 saturated heterocycles. The largest absolute Gasteiger partial charge is 0.444 e. The molecule has 1 amide bonds. The Morgan fingerprint density at radius 1 is 1.41 bits per heavy atom. The van der Waals surface area contributed by atoms with Crippen LogP contribution in [0.2, 0.25) is 0 Å². The number of hydrogen-bond donors (Lipinski definition) is 1. The first-order chi connectivity index (χ1) is 10.2. The second-order valence-corrected chi connectivity index (χ2v) is 8.67. The molecule has 1 aliphatic heterocycles. The molecule has 0 radical (unpaired) electrons. The third kappa shape index (κ3) is 7.23. The molecule has 0 aromatic carbocycles. The molecule has 1 N–H and O–H groups in total. The fourth-order valence-corrected chi connectivity index (χ4v) is 3.14. The summed E-state index contributed by atoms with van der Waals surface area (Å²) in [4.78, 5) is 14.2. The van der Waals surface area contributed by atoms with Gasteiger partial charge in [-0.25, -0.2) is 4.79 Å². The molecule has 1 aliphatic rings. The Kier molecular flexibility index (Phi) is 8.04. The van der Waals surface area contributed by atoms with Crippen molar-refractivity contribution in [2.24, 2.45) is 0 Å². The van der Waals surface area contributed by atoms with Gasteiger partial charge in [-0.3, -0.25) is 0 Å². The number of thioether (sulfide) groups is 1. The Morgan fingerprint density at radius 3 is 2.68 bits per heavy atom. The Hall–Kier alpha value is -0.420. The van der Waals surface area contributed by atoms with Crippen molar-refractivity contribution in [2.75, 3.05) is 19.3 Å². The van der Waals surface area contributed by atoms with Crippen molar-refractivity contribution in [3.63, 3.8) is 0 Å². The number of ether oxygens (including phenoxy) is 1. The molecule has 0 aliphatic carbocycles. The Balaban J connectivity index is 2.38. The third-order valence-corrected chi connectivity index (χ3v) is 5.12. The lowest BCUT2D eigenvalue weighted by atomic mass is 10.1. The number of nitrogens with one attached hydrogen (secondary N) is 1. The lowest BCUT2D eigenvalue weighted by Gasteiger charge is -2.30. The fourth-order valence-electron chi connectivity index (χ4n) is 2.78. The molecule has 1 rings (SSSR count). The normalized spacial score (nSPS) is 21.7. The number of likely N-dealkylation sites (tertiary alicyclic amines) is 1. The number of rotatable bonds is 7. The van der Waals surface area contributed by atoms with Crippen molar-refractivity contribution in [3.05, 3.63) is 0 Å². The Bertz CT molecular complexity index is 344. The van der Waals surface area contributed by atoms with E-state index in [1.54, 1.807) is 0 Å². The minimum Gasteiger partial charge on any atom is -0.444 e. The van der Waals surface area contributed by atoms with Crippen molar-refractivity contribution in [2.45, 2.75) is 83.2 Å². The molecular weight excluding hydrogens is 296 g/mol. The molecule has 0 aromatic heterocycles. The molecule has 0 bridgehead atoms. The van der Waals surface area contributed by atoms with Crippen LogP contribution in [-0.4, -0.2) is 53.3 Å². The van der Waals surface area contributed by atoms with Crippen LogP contribution in [-0.2, 0) is 4.74 Å². The summed E-state index contributed by atoms with van der Waals surface area (Å²) in [5.41, 5.74) is -0.415. The fraction of sp³-hybridized carbons (Fsp3) is 0.941. The van der Waals surface area contributed by atoms with Crippen LogP contribution in [0.1, 0.15) is 60.3 Å². The number of amides is 1. The van der Waals surface area contributed by atoms with E-state index in [2.05, 4.69) is 25.4 Å². The number of hydrogen-bond acceptors (Lipinski definition) is 4. The van der Waals surface area contributed by atoms with Gasteiger partial charge in [0.15, 0.2) is 0 Å². The SMILES string of the molecule is CSC(C)CCNC(C)CC1CCCN1C(=O)OC(C)(C)C. The van der Waals surface area contributed by atoms with Gasteiger partial charge in [0, 0.05) is 23.9 Å². The second kappa shape index (κ2) is 9.02. The molecular formula is C17H34N2O2S. The molecule has 4 nitrogen and oxygen atoms in total. The number of carbonyl (C=O) groups excluding carboxylic acids is 1. The van der Waals surface area contributed by atoms with Gasteiger partial charge in [-0.15, -0.1) is 0 Å². The lowest BCUT2D eigenvalue weighted by molar-refractivity contribution is 0.0215. The topological polar surface area (TPSA) is 41.6 Å². The van der Waals surface area contributed by atoms with Crippen molar-refractivity contribution < 1.29 is 9.53 Å². The maximum absolute atomic E-state index is 12.3. The van der Waals surface area contributed by atoms with E-state index in [1.165, 1.54) is 6.42 Å². The molecule has 3 atom stereocenters. The maximum atomic E-state index is 12.3. The number of nitrogens with zero attached hydrogens (tertiary/aromatic N) is 1. The molecule has 22 heavy (non-hydrogen) atoms. The van der Waals surface area contributed by atoms with Crippen molar-refractivity contribution in [1.82, 2.24) is 10.2 Å². The van der Waals surface area contributed by atoms with Crippen molar-refractivity contribution in [1.29, 1.82) is 0 Å². The van der Waals surface area contributed by atoms with E-state index in [0.717, 1.165) is 32.4 Å². The summed E-state index contributed by atoms with van der Waals surface area (Å²) in [7, 11) is 0. The summed E-state index contributed by atoms with van der Waals surface area (Å²) >= 11 is 1.91. The minimum atomic E-state index is -0.415. The molecule has 0 saturated carbocycles. The quantitative estimate of drug-likeness (QED) is 0.769. The van der Waals surface area contributed by atoms with Crippen LogP contribution >= 0.6 is 11.8 Å². The van der Waals surface area contributed by atoms with E-state index >= 15 is 0 Å². The van der Waals surface area contributed by atoms with Gasteiger partial charge in [0.1, 0.15) is 5.60 Å². The summed E-state index contributed by atoms with van der Waals surface area (Å²) in [5, 5.41) is 4.29. The number of carbonyl (C=O) groups is 1. The van der Waals surface area contributed by atoms with Crippen LogP contribution < -0.4 is 5.32 Å². The van der Waals surface area contributed by atoms with Gasteiger partial charge in [-0.05, 0) is 66.2 Å². The van der Waals surface area contributed by atoms with Gasteiger partial charge >= 0.3 is 6.09 Å². The van der Waals surface area contributed by atoms with Gasteiger partial charge in [0.25, 0.3) is 0 Å². The van der Waals surface area contributed by atoms with Gasteiger partial charge in [-0.2, -0.15) is 11.8 Å². The standard InChI is InChI=1S/C17H34N2O2S/c1-13(18-10-9-14(2)22-6)12-15-8-7-11-19(15)16(20)21-17(3,4)5/h13-15,18H,7-12H2,1-6H3. The average Bonchev–Trinajstić information content (AvgIpc) is 2.84. The summed E-state index contributed by atoms with van der Waals surface area (Å²) in [6, 6.07) is 0.748. The zero-order chi connectivity index (χ0) is 16.8. The van der Waals surface area contributed by atoms with Crippen molar-refractivity contribution >= 4 is 17.9 Å². The van der Waals surface area contributed by atoms with Crippen LogP contribution in [0.3, 0.4) is 0 Å². The van der Waals surface area contributed by atoms with E-state index in [1.807, 2.05) is 37.4 Å². The lowest BCUT2D eigenvalue weighted by Crippen LogP contribution is -2.42. The minimum absolute atomic E-state index is 0.154. The molecule has 5 heteroatoms. The molecule has 0 spiro atoms. The van der Waals surface area contributed by atoms with Gasteiger partial charge < -0.3 is 15.0 Å². The second-order valence-electron chi connectivity index (χ2n) is 7.40. The highest BCUT2D eigenvalue weighted by Crippen LogP contribution is 2.24. The summed E-state index contributed by atoms with van der Waals surface area (Å²) in [6.45, 7) is 12.1. The highest BCUT2D eigenvalue weighted by atomic mass is 32.2. The molecule has 0 aromatic rings. The van der Waals surface area contributed by atoms with Gasteiger partial charge in [0.05, 0.1) is 0 Å². The van der Waals surface area contributed by atoms with E-state index in [4.69, 9.17) is 4.74 Å². The zero-order valence-corrected chi connectivity index (χ0v) is 16.0. The maximum Gasteiger partial charge on any atom is 0.410 e. The monoisotopic (exact) mass is 330 g/mol. The molecule has 1 heterocycles. The van der Waals surface area contributed by atoms with Crippen LogP contribution in [0.4, 0.5) is 4.79 Å². The average molecular weight is 331 g/mol. The molecule has 3 unspecified atom stereocenters. The van der Waals surface area contributed by atoms with Crippen LogP contribution in [0, 0.1) is 0 Å². The zero-order valence-electron chi connectivity index (χ0n) is 15.1. The van der Waals surface area contributed by atoms with Gasteiger partial charge in [-0.1, -0.05) is 6.92 Å². The first-order valence-corrected chi connectivity index (χ1v) is 9.77. The summed E-state index contributed by atoms with van der Waals surface area (Å²) < 4.78 is 5.52. The van der Waals surface area contributed by atoms with E-state index < -0.39 is 5.60 Å². The summed E-state index contributed by atoms with van der Waals surface area (Å²) in [6.07, 6.45) is 6.37.